The standard InChI is InChI=1S/C15H17N5O7S3/c1-6-18-19-14(30-6)29-5-8(21)17-15(26-2)11(24)20-9(10(22)23)7(3-27-13(16)25)4-28-12(15)20/h12H,3-5H2,1-2H3,(H2,16,25)(H,17,21)(H,22,23)/t12-,15-/m0/s1. The first-order valence-corrected chi connectivity index (χ1v) is 11.2. The topological polar surface area (TPSA) is 174 Å². The van der Waals surface area contributed by atoms with Gasteiger partial charge in [0.15, 0.2) is 4.34 Å². The predicted octanol–water partition coefficient (Wildman–Crippen LogP) is -0.253. The number of nitrogens with two attached hydrogens (primary N) is 1. The highest BCUT2D eigenvalue weighted by atomic mass is 32.2. The number of fused-ring (bicyclic) bond motifs is 1. The van der Waals surface area contributed by atoms with Gasteiger partial charge in [-0.05, 0) is 6.92 Å². The number of carbonyl (C=O) groups is 4. The Balaban J connectivity index is 1.73. The van der Waals surface area contributed by atoms with Crippen molar-refractivity contribution in [2.24, 2.45) is 5.73 Å². The third-order valence-electron chi connectivity index (χ3n) is 4.18. The van der Waals surface area contributed by atoms with E-state index in [0.29, 0.717) is 4.34 Å². The van der Waals surface area contributed by atoms with Crippen LogP contribution in [0.2, 0.25) is 0 Å². The van der Waals surface area contributed by atoms with E-state index < -0.39 is 35.0 Å². The van der Waals surface area contributed by atoms with Crippen molar-refractivity contribution in [3.05, 3.63) is 16.3 Å². The minimum absolute atomic E-state index is 0.0241. The molecule has 0 saturated carbocycles. The van der Waals surface area contributed by atoms with Crippen LogP contribution in [0.3, 0.4) is 0 Å². The zero-order valence-electron chi connectivity index (χ0n) is 15.7. The Morgan fingerprint density at radius 1 is 1.43 bits per heavy atom. The number of nitrogens with one attached hydrogen (secondary N) is 1. The Labute approximate surface area is 182 Å². The van der Waals surface area contributed by atoms with Crippen molar-refractivity contribution < 1.29 is 33.8 Å². The first-order valence-electron chi connectivity index (χ1n) is 8.31. The predicted molar refractivity (Wildman–Crippen MR) is 107 cm³/mol. The van der Waals surface area contributed by atoms with E-state index in [-0.39, 0.29) is 29.4 Å². The normalized spacial score (nSPS) is 22.9. The molecule has 1 aromatic rings. The van der Waals surface area contributed by atoms with Crippen LogP contribution in [0, 0.1) is 6.92 Å². The molecule has 0 aliphatic carbocycles. The highest BCUT2D eigenvalue weighted by molar-refractivity contribution is 8.01. The van der Waals surface area contributed by atoms with E-state index >= 15 is 0 Å². The van der Waals surface area contributed by atoms with Crippen LogP contribution in [-0.4, -0.2) is 80.4 Å². The minimum atomic E-state index is -1.70. The van der Waals surface area contributed by atoms with Crippen LogP contribution >= 0.6 is 34.9 Å². The first-order chi connectivity index (χ1) is 14.2. The van der Waals surface area contributed by atoms with Crippen molar-refractivity contribution in [1.29, 1.82) is 0 Å². The number of primary amides is 1. The van der Waals surface area contributed by atoms with E-state index in [4.69, 9.17) is 10.5 Å². The smallest absolute Gasteiger partial charge is 0.404 e. The van der Waals surface area contributed by atoms with Gasteiger partial charge in [-0.25, -0.2) is 9.59 Å². The first kappa shape index (κ1) is 22.3. The van der Waals surface area contributed by atoms with Crippen molar-refractivity contribution in [3.63, 3.8) is 0 Å². The second kappa shape index (κ2) is 8.79. The minimum Gasteiger partial charge on any atom is -0.477 e. The number of nitrogens with zero attached hydrogens (tertiary/aromatic N) is 3. The zero-order chi connectivity index (χ0) is 22.1. The highest BCUT2D eigenvalue weighted by Crippen LogP contribution is 2.46. The maximum Gasteiger partial charge on any atom is 0.404 e. The molecule has 15 heteroatoms. The molecule has 1 saturated heterocycles. The molecular weight excluding hydrogens is 458 g/mol. The summed E-state index contributed by atoms with van der Waals surface area (Å²) in [4.78, 5) is 48.9. The van der Waals surface area contributed by atoms with Gasteiger partial charge in [0.05, 0.1) is 5.75 Å². The van der Waals surface area contributed by atoms with E-state index in [9.17, 15) is 24.3 Å². The molecule has 0 aromatic carbocycles. The van der Waals surface area contributed by atoms with Gasteiger partial charge in [-0.15, -0.1) is 22.0 Å². The number of thioether (sulfide) groups is 2. The van der Waals surface area contributed by atoms with Gasteiger partial charge >= 0.3 is 12.1 Å². The summed E-state index contributed by atoms with van der Waals surface area (Å²) in [6.45, 7) is 1.44. The summed E-state index contributed by atoms with van der Waals surface area (Å²) in [5.74, 6) is -2.46. The monoisotopic (exact) mass is 475 g/mol. The average Bonchev–Trinajstić information content (AvgIpc) is 3.12. The molecular formula is C15H17N5O7S3. The molecule has 0 spiro atoms. The van der Waals surface area contributed by atoms with Gasteiger partial charge in [-0.3, -0.25) is 14.5 Å². The Morgan fingerprint density at radius 2 is 2.17 bits per heavy atom. The molecule has 2 aliphatic heterocycles. The number of aromatic nitrogens is 2. The van der Waals surface area contributed by atoms with Crippen molar-refractivity contribution >= 4 is 58.7 Å². The molecule has 4 N–H and O–H groups in total. The maximum atomic E-state index is 12.9. The molecule has 0 radical (unpaired) electrons. The molecule has 30 heavy (non-hydrogen) atoms. The molecule has 162 valence electrons. The van der Waals surface area contributed by atoms with Crippen LogP contribution in [-0.2, 0) is 23.9 Å². The third-order valence-corrected chi connectivity index (χ3v) is 7.53. The Morgan fingerprint density at radius 3 is 2.73 bits per heavy atom. The second-order valence-corrected chi connectivity index (χ2v) is 9.54. The summed E-state index contributed by atoms with van der Waals surface area (Å²) in [5, 5.41) is 19.9. The Hall–Kier alpha value is -2.36. The molecule has 3 heterocycles. The van der Waals surface area contributed by atoms with Gasteiger partial charge in [-0.1, -0.05) is 23.1 Å². The van der Waals surface area contributed by atoms with Crippen LogP contribution in [0.25, 0.3) is 0 Å². The summed E-state index contributed by atoms with van der Waals surface area (Å²) in [6.07, 6.45) is -1.06. The number of hydrogen-bond acceptors (Lipinski definition) is 11. The number of aryl methyl sites for hydroxylation is 1. The number of amides is 3. The van der Waals surface area contributed by atoms with E-state index in [1.54, 1.807) is 6.92 Å². The lowest BCUT2D eigenvalue weighted by atomic mass is 9.98. The summed E-state index contributed by atoms with van der Waals surface area (Å²) < 4.78 is 10.6. The fourth-order valence-electron chi connectivity index (χ4n) is 2.92. The fraction of sp³-hybridized carbons (Fsp3) is 0.467. The fourth-order valence-corrected chi connectivity index (χ4v) is 5.96. The van der Waals surface area contributed by atoms with Crippen molar-refractivity contribution in [2.45, 2.75) is 22.4 Å². The zero-order valence-corrected chi connectivity index (χ0v) is 18.2. The van der Waals surface area contributed by atoms with Gasteiger partial charge < -0.3 is 25.6 Å². The SMILES string of the molecule is CO[C@@]1(NC(=O)CSc2nnc(C)s2)C(=O)N2C(C(=O)O)=C(COC(N)=O)CS[C@H]21. The molecule has 1 aromatic heterocycles. The second-order valence-electron chi connectivity index (χ2n) is 6.07. The lowest BCUT2D eigenvalue weighted by Crippen LogP contribution is -2.80. The van der Waals surface area contributed by atoms with Crippen LogP contribution in [0.15, 0.2) is 15.6 Å². The third kappa shape index (κ3) is 4.10. The number of carboxylic acid groups (broad SMARTS) is 1. The van der Waals surface area contributed by atoms with Crippen LogP contribution in [0.5, 0.6) is 0 Å². The summed E-state index contributed by atoms with van der Waals surface area (Å²) in [5.41, 5.74) is 3.13. The lowest BCUT2D eigenvalue weighted by Gasteiger charge is -2.55. The quantitative estimate of drug-likeness (QED) is 0.257. The van der Waals surface area contributed by atoms with E-state index in [1.807, 2.05) is 0 Å². The number of methoxy groups -OCH3 is 1. The number of ether oxygens (including phenoxy) is 2. The molecule has 0 unspecified atom stereocenters. The largest absolute Gasteiger partial charge is 0.477 e. The molecule has 3 amide bonds. The number of β-lactam (4-membered cyclic amide) rings is 1. The van der Waals surface area contributed by atoms with Crippen LogP contribution in [0.1, 0.15) is 5.01 Å². The number of carboxylic acids is 1. The summed E-state index contributed by atoms with van der Waals surface area (Å²) >= 11 is 3.67. The summed E-state index contributed by atoms with van der Waals surface area (Å²) in [6, 6.07) is 0. The molecule has 2 aliphatic rings. The Kier molecular flexibility index (Phi) is 6.54. The van der Waals surface area contributed by atoms with Crippen LogP contribution in [0.4, 0.5) is 4.79 Å². The maximum absolute atomic E-state index is 12.9. The Bertz CT molecular complexity index is 935. The number of carbonyl (C=O) groups excluding carboxylic acids is 3. The summed E-state index contributed by atoms with van der Waals surface area (Å²) in [7, 11) is 1.26. The van der Waals surface area contributed by atoms with Crippen molar-refractivity contribution in [3.8, 4) is 0 Å². The molecule has 0 bridgehead atoms. The van der Waals surface area contributed by atoms with E-state index in [1.165, 1.54) is 30.2 Å². The highest BCUT2D eigenvalue weighted by Gasteiger charge is 2.66. The molecule has 1 fully saturated rings. The van der Waals surface area contributed by atoms with Gasteiger partial charge in [0.1, 0.15) is 22.7 Å². The van der Waals surface area contributed by atoms with E-state index in [0.717, 1.165) is 21.7 Å². The number of hydrogen-bond donors (Lipinski definition) is 3. The van der Waals surface area contributed by atoms with Gasteiger partial charge in [-0.2, -0.15) is 0 Å². The van der Waals surface area contributed by atoms with E-state index in [2.05, 4.69) is 20.3 Å². The van der Waals surface area contributed by atoms with Gasteiger partial charge in [0, 0.05) is 18.4 Å². The van der Waals surface area contributed by atoms with Gasteiger partial charge in [0.2, 0.25) is 5.91 Å². The number of aliphatic carboxylic acids is 1. The molecule has 12 nitrogen and oxygen atoms in total. The number of rotatable bonds is 8. The molecule has 3 rings (SSSR count). The van der Waals surface area contributed by atoms with Gasteiger partial charge in [0.25, 0.3) is 11.6 Å². The van der Waals surface area contributed by atoms with Crippen molar-refractivity contribution in [2.75, 3.05) is 25.2 Å². The average molecular weight is 476 g/mol. The van der Waals surface area contributed by atoms with Crippen molar-refractivity contribution in [1.82, 2.24) is 20.4 Å². The lowest BCUT2D eigenvalue weighted by molar-refractivity contribution is -0.192. The van der Waals surface area contributed by atoms with Crippen LogP contribution < -0.4 is 11.1 Å². The molecule has 2 atom stereocenters.